The van der Waals surface area contributed by atoms with Crippen LogP contribution in [0.1, 0.15) is 45.8 Å². The van der Waals surface area contributed by atoms with Crippen LogP contribution in [0.4, 0.5) is 14.7 Å². The largest absolute Gasteiger partial charge is 0.392 e. The van der Waals surface area contributed by atoms with Gasteiger partial charge in [-0.1, -0.05) is 6.07 Å². The Balaban J connectivity index is 1.67. The van der Waals surface area contributed by atoms with E-state index in [9.17, 15) is 23.5 Å². The standard InChI is InChI=1S/C22H21F2N5O3S/c23-20(24)17-5-6-18(33-17)21(32)27-22-26-15-4-3-13(12-30)10-16(15)29(22)11-14-2-1-9-28(14)19(31)7-8-25/h3-6,10,14,20,30H,1-2,7,9,11-12H2,(H,26,27,32). The molecule has 0 bridgehead atoms. The molecule has 0 spiro atoms. The number of aliphatic hydroxyl groups is 1. The third-order valence-corrected chi connectivity index (χ3v) is 6.70. The number of halogens is 2. The van der Waals surface area contributed by atoms with Gasteiger partial charge in [0.25, 0.3) is 12.3 Å². The Bertz CT molecular complexity index is 1230. The van der Waals surface area contributed by atoms with Gasteiger partial charge in [-0.15, -0.1) is 11.3 Å². The quantitative estimate of drug-likeness (QED) is 0.544. The van der Waals surface area contributed by atoms with Gasteiger partial charge < -0.3 is 14.6 Å². The summed E-state index contributed by atoms with van der Waals surface area (Å²) in [7, 11) is 0. The van der Waals surface area contributed by atoms with E-state index in [2.05, 4.69) is 10.3 Å². The van der Waals surface area contributed by atoms with E-state index < -0.39 is 12.3 Å². The summed E-state index contributed by atoms with van der Waals surface area (Å²) in [5.74, 6) is -0.587. The highest BCUT2D eigenvalue weighted by Crippen LogP contribution is 2.29. The Labute approximate surface area is 192 Å². The molecule has 0 radical (unpaired) electrons. The van der Waals surface area contributed by atoms with Crippen molar-refractivity contribution in [3.05, 3.63) is 45.6 Å². The zero-order chi connectivity index (χ0) is 23.5. The summed E-state index contributed by atoms with van der Waals surface area (Å²) in [6, 6.07) is 9.46. The van der Waals surface area contributed by atoms with Crippen LogP contribution in [-0.4, -0.2) is 44.0 Å². The maximum atomic E-state index is 12.9. The molecule has 1 saturated heterocycles. The molecule has 3 aromatic rings. The molecule has 1 unspecified atom stereocenters. The minimum Gasteiger partial charge on any atom is -0.392 e. The average Bonchev–Trinajstić information content (AvgIpc) is 3.53. The second kappa shape index (κ2) is 9.64. The van der Waals surface area contributed by atoms with Crippen molar-refractivity contribution in [3.63, 3.8) is 0 Å². The lowest BCUT2D eigenvalue weighted by Gasteiger charge is -2.25. The first-order chi connectivity index (χ1) is 15.9. The first-order valence-corrected chi connectivity index (χ1v) is 11.2. The van der Waals surface area contributed by atoms with Crippen LogP contribution in [0.2, 0.25) is 0 Å². The number of nitrogens with one attached hydrogen (secondary N) is 1. The van der Waals surface area contributed by atoms with Gasteiger partial charge in [0.2, 0.25) is 11.9 Å². The normalized spacial score (nSPS) is 15.8. The SMILES string of the molecule is N#CCC(=O)N1CCCC1Cn1c(NC(=O)c2ccc(C(F)F)s2)nc2ccc(CO)cc21. The first-order valence-electron chi connectivity index (χ1n) is 10.4. The number of rotatable bonds is 7. The molecule has 1 fully saturated rings. The van der Waals surface area contributed by atoms with E-state index in [1.807, 2.05) is 6.07 Å². The number of fused-ring (bicyclic) bond motifs is 1. The first kappa shape index (κ1) is 22.8. The average molecular weight is 474 g/mol. The highest BCUT2D eigenvalue weighted by Gasteiger charge is 2.30. The number of nitriles is 1. The predicted octanol–water partition coefficient (Wildman–Crippen LogP) is 3.68. The predicted molar refractivity (Wildman–Crippen MR) is 118 cm³/mol. The van der Waals surface area contributed by atoms with Gasteiger partial charge >= 0.3 is 0 Å². The molecule has 2 amide bonds. The molecular formula is C22H21F2N5O3S. The lowest BCUT2D eigenvalue weighted by Crippen LogP contribution is -2.38. The van der Waals surface area contributed by atoms with Crippen molar-refractivity contribution in [2.75, 3.05) is 11.9 Å². The second-order valence-electron chi connectivity index (χ2n) is 7.70. The highest BCUT2D eigenvalue weighted by molar-refractivity contribution is 7.14. The van der Waals surface area contributed by atoms with E-state index in [0.717, 1.165) is 12.8 Å². The molecule has 1 aromatic carbocycles. The maximum Gasteiger partial charge on any atom is 0.272 e. The summed E-state index contributed by atoms with van der Waals surface area (Å²) >= 11 is 0.714. The van der Waals surface area contributed by atoms with Crippen molar-refractivity contribution >= 4 is 40.1 Å². The molecule has 2 aromatic heterocycles. The van der Waals surface area contributed by atoms with Crippen molar-refractivity contribution in [3.8, 4) is 6.07 Å². The van der Waals surface area contributed by atoms with E-state index in [4.69, 9.17) is 5.26 Å². The number of likely N-dealkylation sites (tertiary alicyclic amines) is 1. The van der Waals surface area contributed by atoms with Crippen LogP contribution in [0.25, 0.3) is 11.0 Å². The number of carbonyl (C=O) groups excluding carboxylic acids is 2. The zero-order valence-corrected chi connectivity index (χ0v) is 18.3. The van der Waals surface area contributed by atoms with Crippen LogP contribution < -0.4 is 5.32 Å². The fourth-order valence-corrected chi connectivity index (χ4v) is 4.79. The van der Waals surface area contributed by atoms with E-state index in [1.54, 1.807) is 27.7 Å². The van der Waals surface area contributed by atoms with Crippen LogP contribution in [0, 0.1) is 11.3 Å². The number of imidazole rings is 1. The number of aromatic nitrogens is 2. The van der Waals surface area contributed by atoms with Gasteiger partial charge in [-0.2, -0.15) is 5.26 Å². The minimum absolute atomic E-state index is 0.131. The summed E-state index contributed by atoms with van der Waals surface area (Å²) in [6.45, 7) is 0.697. The number of alkyl halides is 2. The molecule has 3 heterocycles. The number of hydrogen-bond donors (Lipinski definition) is 2. The summed E-state index contributed by atoms with van der Waals surface area (Å²) in [5.41, 5.74) is 1.90. The van der Waals surface area contributed by atoms with Crippen LogP contribution in [0.3, 0.4) is 0 Å². The van der Waals surface area contributed by atoms with Crippen molar-refractivity contribution in [1.82, 2.24) is 14.5 Å². The summed E-state index contributed by atoms with van der Waals surface area (Å²) in [4.78, 5) is 31.2. The van der Waals surface area contributed by atoms with E-state index >= 15 is 0 Å². The second-order valence-corrected chi connectivity index (χ2v) is 8.82. The van der Waals surface area contributed by atoms with E-state index in [-0.39, 0.29) is 40.7 Å². The Morgan fingerprint density at radius 1 is 1.33 bits per heavy atom. The number of amides is 2. The molecule has 172 valence electrons. The molecule has 33 heavy (non-hydrogen) atoms. The van der Waals surface area contributed by atoms with Crippen LogP contribution in [0.15, 0.2) is 30.3 Å². The molecule has 1 atom stereocenters. The maximum absolute atomic E-state index is 12.9. The summed E-state index contributed by atoms with van der Waals surface area (Å²) in [6.07, 6.45) is -1.34. The third kappa shape index (κ3) is 4.72. The topological polar surface area (TPSA) is 111 Å². The molecule has 4 rings (SSSR count). The number of carbonyl (C=O) groups is 2. The Morgan fingerprint density at radius 3 is 2.85 bits per heavy atom. The van der Waals surface area contributed by atoms with Gasteiger partial charge in [0.05, 0.1) is 33.5 Å². The van der Waals surface area contributed by atoms with Crippen molar-refractivity contribution in [2.24, 2.45) is 0 Å². The molecular weight excluding hydrogens is 452 g/mol. The lowest BCUT2D eigenvalue weighted by molar-refractivity contribution is -0.131. The molecule has 1 aliphatic rings. The van der Waals surface area contributed by atoms with Crippen molar-refractivity contribution < 1.29 is 23.5 Å². The van der Waals surface area contributed by atoms with Crippen LogP contribution in [0.5, 0.6) is 0 Å². The van der Waals surface area contributed by atoms with E-state index in [0.29, 0.717) is 41.0 Å². The number of thiophene rings is 1. The molecule has 2 N–H and O–H groups in total. The Morgan fingerprint density at radius 2 is 2.15 bits per heavy atom. The van der Waals surface area contributed by atoms with Gasteiger partial charge in [0.1, 0.15) is 6.42 Å². The highest BCUT2D eigenvalue weighted by atomic mass is 32.1. The molecule has 11 heteroatoms. The van der Waals surface area contributed by atoms with Gasteiger partial charge in [-0.05, 0) is 42.7 Å². The van der Waals surface area contributed by atoms with Gasteiger partial charge in [0.15, 0.2) is 0 Å². The summed E-state index contributed by atoms with van der Waals surface area (Å²) in [5, 5.41) is 21.2. The fourth-order valence-electron chi connectivity index (χ4n) is 4.04. The lowest BCUT2D eigenvalue weighted by atomic mass is 10.2. The smallest absolute Gasteiger partial charge is 0.272 e. The fraction of sp³-hybridized carbons (Fsp3) is 0.364. The monoisotopic (exact) mass is 473 g/mol. The third-order valence-electron chi connectivity index (χ3n) is 5.61. The van der Waals surface area contributed by atoms with Crippen molar-refractivity contribution in [2.45, 2.75) is 44.9 Å². The Hall–Kier alpha value is -3.36. The van der Waals surface area contributed by atoms with E-state index in [1.165, 1.54) is 12.1 Å². The molecule has 0 saturated carbocycles. The number of anilines is 1. The van der Waals surface area contributed by atoms with Gasteiger partial charge in [-0.3, -0.25) is 14.9 Å². The molecule has 1 aliphatic heterocycles. The number of benzene rings is 1. The molecule has 0 aliphatic carbocycles. The zero-order valence-electron chi connectivity index (χ0n) is 17.5. The Kier molecular flexibility index (Phi) is 6.67. The van der Waals surface area contributed by atoms with Gasteiger partial charge in [-0.25, -0.2) is 13.8 Å². The number of nitrogens with zero attached hydrogens (tertiary/aromatic N) is 4. The minimum atomic E-state index is -2.66. The number of hydrogen-bond acceptors (Lipinski definition) is 6. The van der Waals surface area contributed by atoms with Crippen molar-refractivity contribution in [1.29, 1.82) is 5.26 Å². The van der Waals surface area contributed by atoms with Crippen LogP contribution in [-0.2, 0) is 17.9 Å². The van der Waals surface area contributed by atoms with Gasteiger partial charge in [0, 0.05) is 19.1 Å². The summed E-state index contributed by atoms with van der Waals surface area (Å²) < 4.78 is 27.6. The van der Waals surface area contributed by atoms with Crippen LogP contribution >= 0.6 is 11.3 Å². The molecule has 8 nitrogen and oxygen atoms in total. The number of aliphatic hydroxyl groups excluding tert-OH is 1.